The van der Waals surface area contributed by atoms with Crippen LogP contribution in [0.3, 0.4) is 0 Å². The zero-order valence-corrected chi connectivity index (χ0v) is 11.1. The Morgan fingerprint density at radius 1 is 1.42 bits per heavy atom. The van der Waals surface area contributed by atoms with Crippen molar-refractivity contribution in [2.24, 2.45) is 0 Å². The van der Waals surface area contributed by atoms with Gasteiger partial charge in [0, 0.05) is 23.4 Å². The summed E-state index contributed by atoms with van der Waals surface area (Å²) in [5.74, 6) is 0. The van der Waals surface area contributed by atoms with Gasteiger partial charge in [0.2, 0.25) is 0 Å². The van der Waals surface area contributed by atoms with Crippen molar-refractivity contribution in [3.05, 3.63) is 51.8 Å². The molecular formula is C13H16N4O2. The van der Waals surface area contributed by atoms with Crippen LogP contribution < -0.4 is 5.32 Å². The van der Waals surface area contributed by atoms with Gasteiger partial charge in [-0.15, -0.1) is 0 Å². The molecule has 0 aliphatic heterocycles. The van der Waals surface area contributed by atoms with E-state index >= 15 is 0 Å². The SMILES string of the molecule is CNC(C)c1cnn(-c2ccccc2[N+](=O)[O-])c1C. The molecule has 1 aromatic heterocycles. The summed E-state index contributed by atoms with van der Waals surface area (Å²) in [5, 5.41) is 18.5. The van der Waals surface area contributed by atoms with Crippen LogP contribution in [0.2, 0.25) is 0 Å². The highest BCUT2D eigenvalue weighted by molar-refractivity contribution is 5.52. The Labute approximate surface area is 111 Å². The normalized spacial score (nSPS) is 12.4. The number of nitrogens with one attached hydrogen (secondary N) is 1. The molecule has 6 heteroatoms. The molecule has 1 aromatic carbocycles. The van der Waals surface area contributed by atoms with Gasteiger partial charge in [0.15, 0.2) is 0 Å². The third kappa shape index (κ3) is 2.34. The molecule has 0 aliphatic carbocycles. The average Bonchev–Trinajstić information content (AvgIpc) is 2.79. The lowest BCUT2D eigenvalue weighted by Gasteiger charge is -2.10. The van der Waals surface area contributed by atoms with E-state index in [-0.39, 0.29) is 11.7 Å². The predicted octanol–water partition coefficient (Wildman–Crippen LogP) is 2.37. The molecule has 0 spiro atoms. The maximum absolute atomic E-state index is 11.1. The Morgan fingerprint density at radius 2 is 2.11 bits per heavy atom. The second-order valence-electron chi connectivity index (χ2n) is 4.35. The van der Waals surface area contributed by atoms with Crippen LogP contribution in [0.4, 0.5) is 5.69 Å². The molecule has 0 radical (unpaired) electrons. The van der Waals surface area contributed by atoms with E-state index in [0.29, 0.717) is 5.69 Å². The molecule has 0 saturated carbocycles. The molecule has 0 saturated heterocycles. The summed E-state index contributed by atoms with van der Waals surface area (Å²) in [6, 6.07) is 6.75. The van der Waals surface area contributed by atoms with Crippen molar-refractivity contribution in [3.8, 4) is 5.69 Å². The monoisotopic (exact) mass is 260 g/mol. The van der Waals surface area contributed by atoms with Crippen LogP contribution in [0.5, 0.6) is 0 Å². The molecule has 1 unspecified atom stereocenters. The van der Waals surface area contributed by atoms with Crippen molar-refractivity contribution in [2.45, 2.75) is 19.9 Å². The fourth-order valence-corrected chi connectivity index (χ4v) is 2.04. The van der Waals surface area contributed by atoms with E-state index in [2.05, 4.69) is 10.4 Å². The smallest absolute Gasteiger partial charge is 0.294 e. The van der Waals surface area contributed by atoms with Crippen LogP contribution in [0, 0.1) is 17.0 Å². The van der Waals surface area contributed by atoms with Gasteiger partial charge in [-0.1, -0.05) is 12.1 Å². The zero-order chi connectivity index (χ0) is 14.0. The van der Waals surface area contributed by atoms with E-state index in [1.54, 1.807) is 29.1 Å². The Kier molecular flexibility index (Phi) is 3.62. The van der Waals surface area contributed by atoms with Gasteiger partial charge in [-0.2, -0.15) is 5.10 Å². The molecule has 0 fully saturated rings. The van der Waals surface area contributed by atoms with E-state index in [4.69, 9.17) is 0 Å². The number of rotatable bonds is 4. The van der Waals surface area contributed by atoms with E-state index in [1.807, 2.05) is 20.9 Å². The molecule has 19 heavy (non-hydrogen) atoms. The molecule has 2 rings (SSSR count). The van der Waals surface area contributed by atoms with Crippen molar-refractivity contribution < 1.29 is 4.92 Å². The molecule has 0 aliphatic rings. The molecule has 0 bridgehead atoms. The molecule has 2 aromatic rings. The van der Waals surface area contributed by atoms with E-state index in [1.165, 1.54) is 6.07 Å². The minimum absolute atomic E-state index is 0.0531. The van der Waals surface area contributed by atoms with Gasteiger partial charge in [0.25, 0.3) is 5.69 Å². The number of hydrogen-bond donors (Lipinski definition) is 1. The number of nitrogens with zero attached hydrogens (tertiary/aromatic N) is 3. The van der Waals surface area contributed by atoms with Gasteiger partial charge >= 0.3 is 0 Å². The number of para-hydroxylation sites is 2. The van der Waals surface area contributed by atoms with E-state index in [9.17, 15) is 10.1 Å². The summed E-state index contributed by atoms with van der Waals surface area (Å²) in [6.07, 6.45) is 1.74. The molecule has 1 N–H and O–H groups in total. The number of benzene rings is 1. The topological polar surface area (TPSA) is 73.0 Å². The van der Waals surface area contributed by atoms with Gasteiger partial charge in [-0.3, -0.25) is 10.1 Å². The molecule has 1 atom stereocenters. The first kappa shape index (κ1) is 13.2. The summed E-state index contributed by atoms with van der Waals surface area (Å²) in [6.45, 7) is 3.93. The van der Waals surface area contributed by atoms with Crippen LogP contribution in [-0.2, 0) is 0 Å². The van der Waals surface area contributed by atoms with Gasteiger partial charge in [-0.05, 0) is 27.0 Å². The Hall–Kier alpha value is -2.21. The van der Waals surface area contributed by atoms with Gasteiger partial charge in [-0.25, -0.2) is 4.68 Å². The van der Waals surface area contributed by atoms with Crippen LogP contribution in [-0.4, -0.2) is 21.8 Å². The first-order valence-corrected chi connectivity index (χ1v) is 6.01. The average molecular weight is 260 g/mol. The number of hydrogen-bond acceptors (Lipinski definition) is 4. The highest BCUT2D eigenvalue weighted by Gasteiger charge is 2.19. The number of aromatic nitrogens is 2. The minimum atomic E-state index is -0.391. The molecule has 100 valence electrons. The minimum Gasteiger partial charge on any atom is -0.313 e. The van der Waals surface area contributed by atoms with Crippen molar-refractivity contribution in [2.75, 3.05) is 7.05 Å². The van der Waals surface area contributed by atoms with Crippen LogP contribution in [0.25, 0.3) is 5.69 Å². The number of nitro benzene ring substituents is 1. The lowest BCUT2D eigenvalue weighted by molar-refractivity contribution is -0.384. The Bertz CT molecular complexity index is 606. The lowest BCUT2D eigenvalue weighted by atomic mass is 10.1. The first-order valence-electron chi connectivity index (χ1n) is 6.01. The summed E-state index contributed by atoms with van der Waals surface area (Å²) in [4.78, 5) is 10.7. The molecule has 0 amide bonds. The summed E-state index contributed by atoms with van der Waals surface area (Å²) in [5.41, 5.74) is 2.47. The predicted molar refractivity (Wildman–Crippen MR) is 72.4 cm³/mol. The standard InChI is InChI=1S/C13H16N4O2/c1-9(14-3)11-8-15-16(10(11)2)12-6-4-5-7-13(12)17(18)19/h4-9,14H,1-3H3. The quantitative estimate of drug-likeness (QED) is 0.676. The third-order valence-electron chi connectivity index (χ3n) is 3.25. The summed E-state index contributed by atoms with van der Waals surface area (Å²) >= 11 is 0. The Morgan fingerprint density at radius 3 is 2.74 bits per heavy atom. The maximum Gasteiger partial charge on any atom is 0.294 e. The highest BCUT2D eigenvalue weighted by Crippen LogP contribution is 2.25. The zero-order valence-electron chi connectivity index (χ0n) is 11.1. The highest BCUT2D eigenvalue weighted by atomic mass is 16.6. The van der Waals surface area contributed by atoms with Crippen LogP contribution >= 0.6 is 0 Å². The Balaban J connectivity index is 2.55. The summed E-state index contributed by atoms with van der Waals surface area (Å²) in [7, 11) is 1.87. The van der Waals surface area contributed by atoms with Gasteiger partial charge < -0.3 is 5.32 Å². The summed E-state index contributed by atoms with van der Waals surface area (Å²) < 4.78 is 1.61. The second kappa shape index (κ2) is 5.19. The maximum atomic E-state index is 11.1. The van der Waals surface area contributed by atoms with Crippen molar-refractivity contribution >= 4 is 5.69 Å². The first-order chi connectivity index (χ1) is 9.06. The molecular weight excluding hydrogens is 244 g/mol. The van der Waals surface area contributed by atoms with Crippen LogP contribution in [0.15, 0.2) is 30.5 Å². The van der Waals surface area contributed by atoms with Gasteiger partial charge in [0.1, 0.15) is 5.69 Å². The molecule has 6 nitrogen and oxygen atoms in total. The van der Waals surface area contributed by atoms with Crippen molar-refractivity contribution in [1.29, 1.82) is 0 Å². The van der Waals surface area contributed by atoms with Crippen molar-refractivity contribution in [1.82, 2.24) is 15.1 Å². The third-order valence-corrected chi connectivity index (χ3v) is 3.25. The second-order valence-corrected chi connectivity index (χ2v) is 4.35. The van der Waals surface area contributed by atoms with Crippen molar-refractivity contribution in [3.63, 3.8) is 0 Å². The van der Waals surface area contributed by atoms with E-state index < -0.39 is 4.92 Å². The van der Waals surface area contributed by atoms with Gasteiger partial charge in [0.05, 0.1) is 11.1 Å². The fourth-order valence-electron chi connectivity index (χ4n) is 2.04. The fraction of sp³-hybridized carbons (Fsp3) is 0.308. The van der Waals surface area contributed by atoms with Crippen LogP contribution in [0.1, 0.15) is 24.2 Å². The van der Waals surface area contributed by atoms with E-state index in [0.717, 1.165) is 11.3 Å². The number of nitro groups is 1. The largest absolute Gasteiger partial charge is 0.313 e. The lowest BCUT2D eigenvalue weighted by Crippen LogP contribution is -2.13. The molecule has 1 heterocycles.